The van der Waals surface area contributed by atoms with Gasteiger partial charge in [-0.15, -0.1) is 11.6 Å². The largest absolute Gasteiger partial charge is 0.467 e. The fraction of sp³-hybridized carbons (Fsp3) is 0.444. The molecule has 0 aliphatic carbocycles. The normalized spacial score (nSPS) is 12.7. The monoisotopic (exact) mass is 290 g/mol. The molecule has 108 valence electrons. The second kappa shape index (κ2) is 6.49. The number of rotatable bonds is 5. The molecule has 1 aromatic heterocycles. The highest BCUT2D eigenvalue weighted by molar-refractivity contribution is 6.22. The summed E-state index contributed by atoms with van der Waals surface area (Å²) in [5, 5.41) is -0.194. The van der Waals surface area contributed by atoms with E-state index in [1.807, 2.05) is 13.0 Å². The van der Waals surface area contributed by atoms with Gasteiger partial charge in [-0.1, -0.05) is 32.9 Å². The van der Waals surface area contributed by atoms with Crippen LogP contribution in [0, 0.1) is 6.92 Å². The second-order valence-corrected chi connectivity index (χ2v) is 5.66. The lowest BCUT2D eigenvalue weighted by atomic mass is 9.90. The Balaban J connectivity index is 2.57. The minimum atomic E-state index is -0.194. The SMILES string of the molecule is CCc1cc(CC)c(C(Cl)c2occc2C)c(CC)c1. The van der Waals surface area contributed by atoms with Crippen molar-refractivity contribution < 1.29 is 4.42 Å². The lowest BCUT2D eigenvalue weighted by Crippen LogP contribution is -2.05. The van der Waals surface area contributed by atoms with Crippen LogP contribution in [0.1, 0.15) is 59.7 Å². The van der Waals surface area contributed by atoms with Crippen LogP contribution in [0.2, 0.25) is 0 Å². The molecule has 0 aliphatic heterocycles. The van der Waals surface area contributed by atoms with E-state index in [1.165, 1.54) is 22.3 Å². The Hall–Kier alpha value is -1.21. The Morgan fingerprint density at radius 3 is 2.05 bits per heavy atom. The van der Waals surface area contributed by atoms with Crippen molar-refractivity contribution in [3.05, 3.63) is 58.0 Å². The maximum Gasteiger partial charge on any atom is 0.129 e. The molecule has 2 aromatic rings. The van der Waals surface area contributed by atoms with Crippen LogP contribution in [-0.4, -0.2) is 0 Å². The first kappa shape index (κ1) is 15.2. The van der Waals surface area contributed by atoms with E-state index in [9.17, 15) is 0 Å². The number of alkyl halides is 1. The summed E-state index contributed by atoms with van der Waals surface area (Å²) in [6.07, 6.45) is 4.78. The Morgan fingerprint density at radius 2 is 1.65 bits per heavy atom. The first-order valence-electron chi connectivity index (χ1n) is 7.44. The molecule has 0 radical (unpaired) electrons. The molecule has 0 N–H and O–H groups in total. The third-order valence-electron chi connectivity index (χ3n) is 3.97. The minimum Gasteiger partial charge on any atom is -0.467 e. The maximum absolute atomic E-state index is 6.75. The van der Waals surface area contributed by atoms with Gasteiger partial charge in [0.15, 0.2) is 0 Å². The van der Waals surface area contributed by atoms with E-state index in [0.29, 0.717) is 0 Å². The highest BCUT2D eigenvalue weighted by atomic mass is 35.5. The first-order chi connectivity index (χ1) is 9.62. The Labute approximate surface area is 127 Å². The molecule has 0 bridgehead atoms. The van der Waals surface area contributed by atoms with Gasteiger partial charge in [0.2, 0.25) is 0 Å². The average molecular weight is 291 g/mol. The van der Waals surface area contributed by atoms with Gasteiger partial charge in [0.05, 0.1) is 6.26 Å². The van der Waals surface area contributed by atoms with Crippen molar-refractivity contribution in [2.45, 2.75) is 52.3 Å². The van der Waals surface area contributed by atoms with Crippen LogP contribution in [-0.2, 0) is 19.3 Å². The van der Waals surface area contributed by atoms with Crippen molar-refractivity contribution in [3.8, 4) is 0 Å². The summed E-state index contributed by atoms with van der Waals surface area (Å²) in [7, 11) is 0. The van der Waals surface area contributed by atoms with Crippen molar-refractivity contribution in [1.82, 2.24) is 0 Å². The summed E-state index contributed by atoms with van der Waals surface area (Å²) < 4.78 is 5.60. The predicted molar refractivity (Wildman–Crippen MR) is 85.7 cm³/mol. The number of benzene rings is 1. The van der Waals surface area contributed by atoms with Gasteiger partial charge in [-0.3, -0.25) is 0 Å². The smallest absolute Gasteiger partial charge is 0.129 e. The summed E-state index contributed by atoms with van der Waals surface area (Å²) in [4.78, 5) is 0. The molecule has 0 aliphatic rings. The Bertz CT molecular complexity index is 558. The van der Waals surface area contributed by atoms with E-state index >= 15 is 0 Å². The summed E-state index contributed by atoms with van der Waals surface area (Å²) in [6, 6.07) is 6.56. The first-order valence-corrected chi connectivity index (χ1v) is 7.88. The van der Waals surface area contributed by atoms with E-state index in [1.54, 1.807) is 6.26 Å². The zero-order valence-electron chi connectivity index (χ0n) is 12.8. The summed E-state index contributed by atoms with van der Waals surface area (Å²) in [6.45, 7) is 8.63. The second-order valence-electron chi connectivity index (χ2n) is 5.22. The van der Waals surface area contributed by atoms with E-state index in [0.717, 1.165) is 30.6 Å². The molecular formula is C18H23ClO. The Kier molecular flexibility index (Phi) is 4.93. The van der Waals surface area contributed by atoms with Crippen LogP contribution < -0.4 is 0 Å². The average Bonchev–Trinajstić information content (AvgIpc) is 2.91. The molecule has 20 heavy (non-hydrogen) atoms. The zero-order chi connectivity index (χ0) is 14.7. The molecule has 0 saturated heterocycles. The molecular weight excluding hydrogens is 268 g/mol. The summed E-state index contributed by atoms with van der Waals surface area (Å²) >= 11 is 6.75. The maximum atomic E-state index is 6.75. The third-order valence-corrected chi connectivity index (χ3v) is 4.38. The number of halogens is 1. The summed E-state index contributed by atoms with van der Waals surface area (Å²) in [5.41, 5.74) is 6.44. The number of aryl methyl sites for hydroxylation is 4. The summed E-state index contributed by atoms with van der Waals surface area (Å²) in [5.74, 6) is 0.875. The van der Waals surface area contributed by atoms with Crippen molar-refractivity contribution in [2.24, 2.45) is 0 Å². The molecule has 2 rings (SSSR count). The molecule has 1 aromatic carbocycles. The van der Waals surface area contributed by atoms with Gasteiger partial charge >= 0.3 is 0 Å². The van der Waals surface area contributed by atoms with Gasteiger partial charge in [0.25, 0.3) is 0 Å². The zero-order valence-corrected chi connectivity index (χ0v) is 13.6. The van der Waals surface area contributed by atoms with Gasteiger partial charge < -0.3 is 4.42 Å². The Morgan fingerprint density at radius 1 is 1.05 bits per heavy atom. The highest BCUT2D eigenvalue weighted by Crippen LogP contribution is 2.37. The van der Waals surface area contributed by atoms with Crippen molar-refractivity contribution >= 4 is 11.6 Å². The molecule has 2 heteroatoms. The fourth-order valence-electron chi connectivity index (χ4n) is 2.74. The topological polar surface area (TPSA) is 13.1 Å². The van der Waals surface area contributed by atoms with E-state index < -0.39 is 0 Å². The van der Waals surface area contributed by atoms with Crippen molar-refractivity contribution in [3.63, 3.8) is 0 Å². The van der Waals surface area contributed by atoms with Crippen LogP contribution in [0.4, 0.5) is 0 Å². The van der Waals surface area contributed by atoms with Gasteiger partial charge in [0, 0.05) is 0 Å². The van der Waals surface area contributed by atoms with Crippen LogP contribution in [0.15, 0.2) is 28.9 Å². The minimum absolute atomic E-state index is 0.194. The quantitative estimate of drug-likeness (QED) is 0.653. The molecule has 1 heterocycles. The van der Waals surface area contributed by atoms with Gasteiger partial charge in [-0.25, -0.2) is 0 Å². The lowest BCUT2D eigenvalue weighted by Gasteiger charge is -2.19. The van der Waals surface area contributed by atoms with Crippen molar-refractivity contribution in [2.75, 3.05) is 0 Å². The van der Waals surface area contributed by atoms with Crippen LogP contribution in [0.5, 0.6) is 0 Å². The molecule has 1 atom stereocenters. The van der Waals surface area contributed by atoms with Crippen LogP contribution in [0.3, 0.4) is 0 Å². The van der Waals surface area contributed by atoms with Crippen LogP contribution >= 0.6 is 11.6 Å². The van der Waals surface area contributed by atoms with E-state index in [-0.39, 0.29) is 5.38 Å². The highest BCUT2D eigenvalue weighted by Gasteiger charge is 2.22. The molecule has 1 nitrogen and oxygen atoms in total. The molecule has 0 fully saturated rings. The van der Waals surface area contributed by atoms with Crippen molar-refractivity contribution in [1.29, 1.82) is 0 Å². The predicted octanol–water partition coefficient (Wildman–Crippen LogP) is 5.60. The van der Waals surface area contributed by atoms with Crippen LogP contribution in [0.25, 0.3) is 0 Å². The number of hydrogen-bond donors (Lipinski definition) is 0. The van der Waals surface area contributed by atoms with Gasteiger partial charge in [0.1, 0.15) is 11.1 Å². The number of furan rings is 1. The number of hydrogen-bond acceptors (Lipinski definition) is 1. The molecule has 0 spiro atoms. The molecule has 0 amide bonds. The van der Waals surface area contributed by atoms with E-state index in [2.05, 4.69) is 32.9 Å². The van der Waals surface area contributed by atoms with Gasteiger partial charge in [-0.05, 0) is 60.1 Å². The van der Waals surface area contributed by atoms with E-state index in [4.69, 9.17) is 16.0 Å². The fourth-order valence-corrected chi connectivity index (χ4v) is 3.24. The van der Waals surface area contributed by atoms with Gasteiger partial charge in [-0.2, -0.15) is 0 Å². The third kappa shape index (κ3) is 2.78. The molecule has 1 unspecified atom stereocenters. The standard InChI is InChI=1S/C18H23ClO/c1-5-13-10-14(6-2)16(15(7-3)11-13)17(19)18-12(4)8-9-20-18/h8-11,17H,5-7H2,1-4H3. The lowest BCUT2D eigenvalue weighted by molar-refractivity contribution is 0.512. The molecule has 0 saturated carbocycles.